The van der Waals surface area contributed by atoms with Crippen molar-refractivity contribution in [2.24, 2.45) is 0 Å². The lowest BCUT2D eigenvalue weighted by atomic mass is 10.2. The molecule has 0 aromatic heterocycles. The molecule has 0 bridgehead atoms. The summed E-state index contributed by atoms with van der Waals surface area (Å²) in [6.07, 6.45) is 6.27. The second-order valence-electron chi connectivity index (χ2n) is 3.43. The van der Waals surface area contributed by atoms with Gasteiger partial charge in [0.2, 0.25) is 0 Å². The van der Waals surface area contributed by atoms with E-state index in [2.05, 4.69) is 66.6 Å². The van der Waals surface area contributed by atoms with E-state index in [1.807, 2.05) is 6.07 Å². The van der Waals surface area contributed by atoms with Crippen LogP contribution in [-0.2, 0) is 0 Å². The minimum Gasteiger partial charge on any atom is -0.297 e. The van der Waals surface area contributed by atoms with E-state index in [1.165, 1.54) is 11.4 Å². The fourth-order valence-electron chi connectivity index (χ4n) is 1.50. The summed E-state index contributed by atoms with van der Waals surface area (Å²) in [5.74, 6) is 1.19. The number of nitrogens with zero attached hydrogens (tertiary/aromatic N) is 2. The van der Waals surface area contributed by atoms with Crippen LogP contribution >= 0.6 is 0 Å². The third kappa shape index (κ3) is 1.70. The minimum atomic E-state index is 1.19. The van der Waals surface area contributed by atoms with Gasteiger partial charge >= 0.3 is 0 Å². The van der Waals surface area contributed by atoms with E-state index in [4.69, 9.17) is 0 Å². The molecule has 1 radical (unpaired) electrons. The van der Waals surface area contributed by atoms with E-state index in [0.29, 0.717) is 0 Å². The lowest BCUT2D eigenvalue weighted by molar-refractivity contribution is 0.526. The summed E-state index contributed by atoms with van der Waals surface area (Å²) in [5.41, 5.74) is 1.23. The summed E-state index contributed by atoms with van der Waals surface area (Å²) in [6, 6.07) is 10.3. The standard InChI is InChI=1S/C12H14N2/c1-13-8-9-14(2)12(13)10-11-6-4-3-5-7-11/h3-10H,1-2H3/q+1. The highest BCUT2D eigenvalue weighted by atomic mass is 15.3. The van der Waals surface area contributed by atoms with Crippen molar-refractivity contribution in [1.29, 1.82) is 0 Å². The van der Waals surface area contributed by atoms with Crippen LogP contribution in [0.15, 0.2) is 48.6 Å². The van der Waals surface area contributed by atoms with Crippen molar-refractivity contribution in [1.82, 2.24) is 9.80 Å². The summed E-state index contributed by atoms with van der Waals surface area (Å²) in [6.45, 7) is 0. The molecular formula is C12H14N2+. The highest BCUT2D eigenvalue weighted by Crippen LogP contribution is 2.16. The smallest absolute Gasteiger partial charge is 0.262 e. The molecule has 2 heteroatoms. The molecule has 0 saturated heterocycles. The lowest BCUT2D eigenvalue weighted by Crippen LogP contribution is -2.20. The largest absolute Gasteiger partial charge is 0.297 e. The van der Waals surface area contributed by atoms with E-state index in [9.17, 15) is 0 Å². The van der Waals surface area contributed by atoms with Crippen molar-refractivity contribution >= 4 is 6.08 Å². The SMILES string of the molecule is CN1C=C[N+](C)C1=Cc1ccccc1. The van der Waals surface area contributed by atoms with Gasteiger partial charge in [-0.05, 0) is 5.56 Å². The zero-order valence-electron chi connectivity index (χ0n) is 8.51. The zero-order valence-corrected chi connectivity index (χ0v) is 8.51. The van der Waals surface area contributed by atoms with Crippen LogP contribution in [0.1, 0.15) is 5.56 Å². The second kappa shape index (κ2) is 3.68. The Balaban J connectivity index is 2.27. The fraction of sp³-hybridized carbons (Fsp3) is 0.167. The molecule has 1 aliphatic heterocycles. The summed E-state index contributed by atoms with van der Waals surface area (Å²) >= 11 is 0. The Bertz CT molecular complexity index is 351. The molecule has 2 rings (SSSR count). The number of rotatable bonds is 1. The van der Waals surface area contributed by atoms with Gasteiger partial charge in [0.25, 0.3) is 5.82 Å². The van der Waals surface area contributed by atoms with Crippen LogP contribution in [-0.4, -0.2) is 19.0 Å². The first kappa shape index (κ1) is 9.03. The Hall–Kier alpha value is -1.54. The van der Waals surface area contributed by atoms with Crippen LogP contribution in [0.2, 0.25) is 0 Å². The van der Waals surface area contributed by atoms with Gasteiger partial charge in [0, 0.05) is 13.1 Å². The van der Waals surface area contributed by atoms with Gasteiger partial charge in [-0.3, -0.25) is 4.90 Å². The maximum atomic E-state index is 2.17. The molecule has 0 atom stereocenters. The van der Waals surface area contributed by atoms with Gasteiger partial charge in [-0.25, -0.2) is 0 Å². The Morgan fingerprint density at radius 3 is 2.50 bits per heavy atom. The van der Waals surface area contributed by atoms with Crippen molar-refractivity contribution < 1.29 is 0 Å². The molecule has 1 aromatic carbocycles. The Morgan fingerprint density at radius 2 is 1.93 bits per heavy atom. The molecule has 1 aromatic rings. The van der Waals surface area contributed by atoms with Crippen molar-refractivity contribution in [2.75, 3.05) is 14.1 Å². The first-order chi connectivity index (χ1) is 6.77. The van der Waals surface area contributed by atoms with E-state index in [1.54, 1.807) is 0 Å². The summed E-state index contributed by atoms with van der Waals surface area (Å²) in [4.78, 5) is 4.21. The van der Waals surface area contributed by atoms with Gasteiger partial charge in [-0.1, -0.05) is 35.2 Å². The molecule has 0 amide bonds. The van der Waals surface area contributed by atoms with E-state index >= 15 is 0 Å². The second-order valence-corrected chi connectivity index (χ2v) is 3.43. The van der Waals surface area contributed by atoms with Crippen LogP contribution in [0.25, 0.3) is 6.08 Å². The fourth-order valence-corrected chi connectivity index (χ4v) is 1.50. The Labute approximate surface area is 84.8 Å². The summed E-state index contributed by atoms with van der Waals surface area (Å²) < 4.78 is 0. The molecule has 71 valence electrons. The van der Waals surface area contributed by atoms with E-state index in [-0.39, 0.29) is 0 Å². The third-order valence-electron chi connectivity index (χ3n) is 2.33. The number of benzene rings is 1. The Kier molecular flexibility index (Phi) is 2.37. The quantitative estimate of drug-likeness (QED) is 0.611. The molecule has 0 N–H and O–H groups in total. The van der Waals surface area contributed by atoms with Crippen molar-refractivity contribution in [3.63, 3.8) is 0 Å². The van der Waals surface area contributed by atoms with Crippen molar-refractivity contribution in [3.8, 4) is 0 Å². The first-order valence-corrected chi connectivity index (χ1v) is 4.68. The van der Waals surface area contributed by atoms with Crippen LogP contribution in [0, 0.1) is 0 Å². The summed E-state index contributed by atoms with van der Waals surface area (Å²) in [7, 11) is 4.10. The van der Waals surface area contributed by atoms with Gasteiger partial charge in [0.15, 0.2) is 6.20 Å². The van der Waals surface area contributed by atoms with Crippen molar-refractivity contribution in [3.05, 3.63) is 54.1 Å². The average molecular weight is 186 g/mol. The molecule has 0 unspecified atom stereocenters. The maximum absolute atomic E-state index is 2.17. The molecule has 0 fully saturated rings. The third-order valence-corrected chi connectivity index (χ3v) is 2.33. The first-order valence-electron chi connectivity index (χ1n) is 4.68. The zero-order chi connectivity index (χ0) is 9.97. The van der Waals surface area contributed by atoms with Crippen LogP contribution in [0.4, 0.5) is 0 Å². The molecule has 0 aliphatic carbocycles. The molecule has 2 nitrogen and oxygen atoms in total. The van der Waals surface area contributed by atoms with Gasteiger partial charge in [0.1, 0.15) is 7.05 Å². The topological polar surface area (TPSA) is 9.14 Å². The summed E-state index contributed by atoms with van der Waals surface area (Å²) in [5, 5.41) is 0. The van der Waals surface area contributed by atoms with E-state index < -0.39 is 0 Å². The molecular weight excluding hydrogens is 172 g/mol. The minimum absolute atomic E-state index is 1.19. The molecule has 1 heterocycles. The van der Waals surface area contributed by atoms with Crippen LogP contribution in [0.5, 0.6) is 0 Å². The molecule has 1 aliphatic rings. The normalized spacial score (nSPS) is 16.4. The highest BCUT2D eigenvalue weighted by Gasteiger charge is 2.23. The van der Waals surface area contributed by atoms with Gasteiger partial charge in [-0.2, -0.15) is 0 Å². The lowest BCUT2D eigenvalue weighted by Gasteiger charge is -2.07. The predicted octanol–water partition coefficient (Wildman–Crippen LogP) is 2.17. The number of hydrogen-bond acceptors (Lipinski definition) is 2. The number of hydrogen-bond donors (Lipinski definition) is 0. The highest BCUT2D eigenvalue weighted by molar-refractivity contribution is 5.53. The Morgan fingerprint density at radius 1 is 1.21 bits per heavy atom. The van der Waals surface area contributed by atoms with Crippen LogP contribution in [0.3, 0.4) is 0 Å². The van der Waals surface area contributed by atoms with E-state index in [0.717, 1.165) is 0 Å². The van der Waals surface area contributed by atoms with Gasteiger partial charge in [-0.15, -0.1) is 0 Å². The predicted molar refractivity (Wildman–Crippen MR) is 59.4 cm³/mol. The average Bonchev–Trinajstić information content (AvgIpc) is 2.51. The molecule has 14 heavy (non-hydrogen) atoms. The molecule has 0 spiro atoms. The monoisotopic (exact) mass is 186 g/mol. The van der Waals surface area contributed by atoms with Crippen LogP contribution < -0.4 is 4.90 Å². The maximum Gasteiger partial charge on any atom is 0.262 e. The van der Waals surface area contributed by atoms with Gasteiger partial charge in [0.05, 0.1) is 6.20 Å². The van der Waals surface area contributed by atoms with Gasteiger partial charge < -0.3 is 0 Å². The van der Waals surface area contributed by atoms with Crippen molar-refractivity contribution in [2.45, 2.75) is 0 Å². The molecule has 0 saturated carbocycles.